The highest BCUT2D eigenvalue weighted by Gasteiger charge is 2.24. The predicted octanol–water partition coefficient (Wildman–Crippen LogP) is -0.151. The maximum Gasteiger partial charge on any atom is 0.283 e. The largest absolute Gasteiger partial charge is 0.863 e. The number of nitrogens with one attached hydrogen (secondary N) is 1. The molecule has 14 heteroatoms. The van der Waals surface area contributed by atoms with Gasteiger partial charge in [-0.1, -0.05) is 12.1 Å². The van der Waals surface area contributed by atoms with Crippen LogP contribution in [0.5, 0.6) is 11.5 Å². The molecule has 0 unspecified atom stereocenters. The first-order valence-corrected chi connectivity index (χ1v) is 7.73. The van der Waals surface area contributed by atoms with Gasteiger partial charge in [0.15, 0.2) is 0 Å². The number of aromatic hydroxyl groups is 1. The Labute approximate surface area is 161 Å². The number of nitrogens with zero attached hydrogens (tertiary/aromatic N) is 3. The number of rotatable bonds is 6. The lowest BCUT2D eigenvalue weighted by molar-refractivity contribution is -0.420. The normalized spacial score (nSPS) is 9.69. The molecule has 0 aromatic heterocycles. The Morgan fingerprint density at radius 3 is 1.93 bits per heavy atom. The maximum absolute atomic E-state index is 11.3. The zero-order valence-corrected chi connectivity index (χ0v) is 14.6. The summed E-state index contributed by atoms with van der Waals surface area (Å²) in [7, 11) is 0. The first-order chi connectivity index (χ1) is 13.6. The van der Waals surface area contributed by atoms with Crippen LogP contribution in [0.3, 0.4) is 0 Å². The number of carbonyl (C=O) groups excluding carboxylic acids is 1. The van der Waals surface area contributed by atoms with E-state index in [1.807, 2.05) is 0 Å². The molecule has 0 bridgehead atoms. The third kappa shape index (κ3) is 6.10. The van der Waals surface area contributed by atoms with Gasteiger partial charge < -0.3 is 21.3 Å². The monoisotopic (exact) mass is 409 g/mol. The number of carbonyl (C=O) groups is 1. The van der Waals surface area contributed by atoms with Crippen molar-refractivity contribution in [2.24, 2.45) is 0 Å². The van der Waals surface area contributed by atoms with Crippen LogP contribution in [-0.4, -0.2) is 38.9 Å². The zero-order valence-electron chi connectivity index (χ0n) is 14.6. The van der Waals surface area contributed by atoms with E-state index in [0.29, 0.717) is 30.8 Å². The number of phenolic OH excluding ortho intramolecular Hbond substituents is 1. The van der Waals surface area contributed by atoms with E-state index in [1.165, 1.54) is 6.07 Å². The van der Waals surface area contributed by atoms with Crippen LogP contribution in [0.25, 0.3) is 0 Å². The minimum atomic E-state index is -1.46. The molecule has 0 aliphatic heterocycles. The van der Waals surface area contributed by atoms with Crippen LogP contribution >= 0.6 is 0 Å². The molecule has 0 fully saturated rings. The van der Waals surface area contributed by atoms with Crippen LogP contribution in [-0.2, 0) is 0 Å². The molecule has 5 N–H and O–H groups in total. The Morgan fingerprint density at radius 1 is 1.00 bits per heavy atom. The molecule has 1 amide bonds. The Morgan fingerprint density at radius 2 is 1.52 bits per heavy atom. The quantitative estimate of drug-likeness (QED) is 0.424. The van der Waals surface area contributed by atoms with Crippen molar-refractivity contribution in [3.8, 4) is 11.5 Å². The van der Waals surface area contributed by atoms with Crippen LogP contribution in [0.1, 0.15) is 10.4 Å². The number of nitro groups is 3. The van der Waals surface area contributed by atoms with Gasteiger partial charge in [-0.05, 0) is 12.1 Å². The smallest absolute Gasteiger partial charge is 0.283 e. The number of benzene rings is 2. The second kappa shape index (κ2) is 10.1. The molecular formula is C15H15N5O9. The van der Waals surface area contributed by atoms with E-state index < -0.39 is 37.6 Å². The van der Waals surface area contributed by atoms with E-state index >= 15 is 0 Å². The van der Waals surface area contributed by atoms with Gasteiger partial charge in [0.2, 0.25) is 0 Å². The SMILES string of the molecule is O=[N+]([O-])c1cc([N+](=O)[O-])c([O-])c([N+](=O)[O-])c1.[NH3+]CCNC(=O)c1ccccc1O. The summed E-state index contributed by atoms with van der Waals surface area (Å²) in [6.07, 6.45) is 0. The van der Waals surface area contributed by atoms with Gasteiger partial charge in [-0.15, -0.1) is 0 Å². The third-order valence-corrected chi connectivity index (χ3v) is 3.25. The minimum Gasteiger partial charge on any atom is -0.863 e. The highest BCUT2D eigenvalue weighted by Crippen LogP contribution is 2.36. The maximum atomic E-state index is 11.3. The van der Waals surface area contributed by atoms with Crippen molar-refractivity contribution < 1.29 is 35.5 Å². The fraction of sp³-hybridized carbons (Fsp3) is 0.133. The van der Waals surface area contributed by atoms with Crippen molar-refractivity contribution in [1.82, 2.24) is 5.32 Å². The van der Waals surface area contributed by atoms with Gasteiger partial charge in [0.25, 0.3) is 23.0 Å². The van der Waals surface area contributed by atoms with Gasteiger partial charge in [0.05, 0.1) is 51.3 Å². The Bertz CT molecular complexity index is 913. The molecule has 29 heavy (non-hydrogen) atoms. The lowest BCUT2D eigenvalue weighted by Crippen LogP contribution is -2.54. The average molecular weight is 409 g/mol. The third-order valence-electron chi connectivity index (χ3n) is 3.25. The van der Waals surface area contributed by atoms with Gasteiger partial charge in [-0.25, -0.2) is 0 Å². The summed E-state index contributed by atoms with van der Waals surface area (Å²) in [5.41, 5.74) is 0.634. The number of non-ortho nitro benzene ring substituents is 1. The molecule has 0 saturated carbocycles. The van der Waals surface area contributed by atoms with Gasteiger partial charge in [0, 0.05) is 0 Å². The Balaban J connectivity index is 0.000000296. The van der Waals surface area contributed by atoms with Crippen molar-refractivity contribution in [2.45, 2.75) is 0 Å². The van der Waals surface area contributed by atoms with E-state index in [4.69, 9.17) is 0 Å². The van der Waals surface area contributed by atoms with Crippen molar-refractivity contribution in [3.63, 3.8) is 0 Å². The Hall–Kier alpha value is -4.33. The molecule has 0 spiro atoms. The molecule has 0 saturated heterocycles. The number of nitro benzene ring substituents is 3. The first-order valence-electron chi connectivity index (χ1n) is 7.73. The summed E-state index contributed by atoms with van der Waals surface area (Å²) in [6, 6.07) is 7.21. The first kappa shape index (κ1) is 22.7. The standard InChI is InChI=1S/C9H12N2O2.C6H3N3O7/c10-5-6-11-9(13)7-3-1-2-4-8(7)12;10-6-4(8(13)14)1-3(7(11)12)2-5(6)9(15)16/h1-4,12H,5-6,10H2,(H,11,13);1-2,10H. The van der Waals surface area contributed by atoms with Crippen molar-refractivity contribution in [3.05, 3.63) is 72.3 Å². The van der Waals surface area contributed by atoms with E-state index in [2.05, 4.69) is 11.1 Å². The summed E-state index contributed by atoms with van der Waals surface area (Å²) in [5, 5.41) is 54.0. The second-order valence-electron chi connectivity index (χ2n) is 5.21. The summed E-state index contributed by atoms with van der Waals surface area (Å²) >= 11 is 0. The molecule has 2 aromatic carbocycles. The number of hydrogen-bond acceptors (Lipinski definition) is 9. The fourth-order valence-corrected chi connectivity index (χ4v) is 1.92. The molecule has 2 aromatic rings. The van der Waals surface area contributed by atoms with Crippen LogP contribution in [0.2, 0.25) is 0 Å². The summed E-state index contributed by atoms with van der Waals surface area (Å²) in [6.45, 7) is 1.16. The summed E-state index contributed by atoms with van der Waals surface area (Å²) in [5.74, 6) is -1.72. The fourth-order valence-electron chi connectivity index (χ4n) is 1.92. The second-order valence-corrected chi connectivity index (χ2v) is 5.21. The van der Waals surface area contributed by atoms with Gasteiger partial charge in [-0.2, -0.15) is 0 Å². The van der Waals surface area contributed by atoms with Crippen LogP contribution in [0.4, 0.5) is 17.1 Å². The molecule has 14 nitrogen and oxygen atoms in total. The molecule has 0 radical (unpaired) electrons. The molecule has 0 aliphatic rings. The van der Waals surface area contributed by atoms with Crippen molar-refractivity contribution in [1.29, 1.82) is 0 Å². The highest BCUT2D eigenvalue weighted by molar-refractivity contribution is 5.96. The lowest BCUT2D eigenvalue weighted by atomic mass is 10.2. The number of para-hydroxylation sites is 1. The van der Waals surface area contributed by atoms with Crippen LogP contribution in [0.15, 0.2) is 36.4 Å². The number of phenols is 1. The van der Waals surface area contributed by atoms with Gasteiger partial charge in [0.1, 0.15) is 5.75 Å². The van der Waals surface area contributed by atoms with E-state index in [-0.39, 0.29) is 11.7 Å². The van der Waals surface area contributed by atoms with E-state index in [9.17, 15) is 45.4 Å². The molecule has 0 heterocycles. The zero-order chi connectivity index (χ0) is 22.1. The van der Waals surface area contributed by atoms with Crippen LogP contribution < -0.4 is 16.2 Å². The van der Waals surface area contributed by atoms with E-state index in [1.54, 1.807) is 18.2 Å². The molecule has 2 rings (SSSR count). The Kier molecular flexibility index (Phi) is 7.93. The van der Waals surface area contributed by atoms with Crippen molar-refractivity contribution in [2.75, 3.05) is 13.1 Å². The van der Waals surface area contributed by atoms with Gasteiger partial charge in [-0.3, -0.25) is 35.1 Å². The van der Waals surface area contributed by atoms with E-state index in [0.717, 1.165) is 0 Å². The number of hydrogen-bond donors (Lipinski definition) is 3. The molecule has 154 valence electrons. The topological polar surface area (TPSA) is 229 Å². The highest BCUT2D eigenvalue weighted by atomic mass is 16.6. The molecule has 0 aliphatic carbocycles. The molecular weight excluding hydrogens is 394 g/mol. The van der Waals surface area contributed by atoms with Crippen LogP contribution in [0, 0.1) is 30.3 Å². The predicted molar refractivity (Wildman–Crippen MR) is 94.0 cm³/mol. The van der Waals surface area contributed by atoms with Crippen molar-refractivity contribution >= 4 is 23.0 Å². The average Bonchev–Trinajstić information content (AvgIpc) is 2.66. The summed E-state index contributed by atoms with van der Waals surface area (Å²) < 4.78 is 0. The lowest BCUT2D eigenvalue weighted by Gasteiger charge is -2.06. The number of amides is 1. The molecule has 0 atom stereocenters. The summed E-state index contributed by atoms with van der Waals surface area (Å²) in [4.78, 5) is 38.8. The van der Waals surface area contributed by atoms with Gasteiger partial charge >= 0.3 is 0 Å². The minimum absolute atomic E-state index is 0.00376. The number of quaternary nitrogens is 1.